The third-order valence-electron chi connectivity index (χ3n) is 0.715. The minimum absolute atomic E-state index is 0. The molecule has 0 fully saturated rings. The van der Waals surface area contributed by atoms with Crippen LogP contribution < -0.4 is 0 Å². The average molecular weight is 246 g/mol. The Labute approximate surface area is 88.0 Å². The third-order valence-corrected chi connectivity index (χ3v) is 0.715. The normalized spacial score (nSPS) is 12.6. The minimum atomic E-state index is -1.23. The largest absolute Gasteiger partial charge is 0.479 e. The van der Waals surface area contributed by atoms with Gasteiger partial charge in [-0.15, -0.1) is 0 Å². The second-order valence-electron chi connectivity index (χ2n) is 2.03. The molecule has 0 spiro atoms. The van der Waals surface area contributed by atoms with Crippen LogP contribution in [-0.2, 0) is 29.1 Å². The van der Waals surface area contributed by atoms with E-state index in [4.69, 9.17) is 20.4 Å². The number of hydrogen-bond donors (Lipinski definition) is 4. The van der Waals surface area contributed by atoms with Gasteiger partial charge in [-0.1, -0.05) is 0 Å². The molecule has 7 heteroatoms. The Hall–Kier alpha value is -0.517. The zero-order chi connectivity index (χ0) is 10.3. The minimum Gasteiger partial charge on any atom is -0.479 e. The molecule has 0 aliphatic carbocycles. The van der Waals surface area contributed by atoms with E-state index in [1.54, 1.807) is 0 Å². The van der Waals surface area contributed by atoms with Crippen molar-refractivity contribution in [2.75, 3.05) is 0 Å². The second kappa shape index (κ2) is 9.57. The topological polar surface area (TPSA) is 115 Å². The van der Waals surface area contributed by atoms with Crippen LogP contribution in [0.5, 0.6) is 0 Å². The Bertz CT molecular complexity index is 137. The van der Waals surface area contributed by atoms with Crippen LogP contribution in [0.4, 0.5) is 0 Å². The first-order chi connectivity index (χ1) is 5.29. The van der Waals surface area contributed by atoms with Crippen LogP contribution >= 0.6 is 0 Å². The molecule has 0 unspecified atom stereocenters. The van der Waals surface area contributed by atoms with E-state index in [1.165, 1.54) is 13.8 Å². The molecule has 0 saturated heterocycles. The van der Waals surface area contributed by atoms with E-state index in [2.05, 4.69) is 0 Å². The summed E-state index contributed by atoms with van der Waals surface area (Å²) in [5.74, 6) is -2.37. The van der Waals surface area contributed by atoms with E-state index in [0.29, 0.717) is 0 Å². The summed E-state index contributed by atoms with van der Waals surface area (Å²) in [6.45, 7) is 2.39. The SMILES string of the molecule is C[C@H](O)C(=O)O.C[C@H](O)C(=O)O.[Zn]. The van der Waals surface area contributed by atoms with Crippen molar-refractivity contribution in [2.24, 2.45) is 0 Å². The molecule has 0 aromatic heterocycles. The molecule has 0 radical (unpaired) electrons. The number of carboxylic acids is 2. The fourth-order valence-electron chi connectivity index (χ4n) is 0. The van der Waals surface area contributed by atoms with Crippen molar-refractivity contribution in [1.82, 2.24) is 0 Å². The van der Waals surface area contributed by atoms with Crippen molar-refractivity contribution in [3.8, 4) is 0 Å². The van der Waals surface area contributed by atoms with Gasteiger partial charge in [-0.3, -0.25) is 0 Å². The zero-order valence-electron chi connectivity index (χ0n) is 7.47. The van der Waals surface area contributed by atoms with Crippen LogP contribution in [0, 0.1) is 0 Å². The molecule has 6 nitrogen and oxygen atoms in total. The molecule has 74 valence electrons. The first-order valence-electron chi connectivity index (χ1n) is 3.10. The van der Waals surface area contributed by atoms with Gasteiger partial charge in [-0.2, -0.15) is 0 Å². The summed E-state index contributed by atoms with van der Waals surface area (Å²) in [5.41, 5.74) is 0. The van der Waals surface area contributed by atoms with Crippen LogP contribution in [0.25, 0.3) is 0 Å². The van der Waals surface area contributed by atoms with Gasteiger partial charge in [0.2, 0.25) is 0 Å². The van der Waals surface area contributed by atoms with Crippen LogP contribution in [-0.4, -0.2) is 44.6 Å². The monoisotopic (exact) mass is 244 g/mol. The molecule has 0 rings (SSSR count). The van der Waals surface area contributed by atoms with Gasteiger partial charge in [-0.05, 0) is 13.8 Å². The second-order valence-corrected chi connectivity index (χ2v) is 2.03. The molecule has 0 bridgehead atoms. The predicted molar refractivity (Wildman–Crippen MR) is 38.6 cm³/mol. The number of aliphatic carboxylic acids is 2. The Morgan fingerprint density at radius 2 is 1.00 bits per heavy atom. The Balaban J connectivity index is -0.000000143. The molecule has 0 amide bonds. The quantitative estimate of drug-likeness (QED) is 0.459. The maximum absolute atomic E-state index is 9.45. The first kappa shape index (κ1) is 18.3. The maximum Gasteiger partial charge on any atom is 0.332 e. The van der Waals surface area contributed by atoms with Gasteiger partial charge in [0, 0.05) is 19.5 Å². The van der Waals surface area contributed by atoms with Gasteiger partial charge in [0.05, 0.1) is 0 Å². The van der Waals surface area contributed by atoms with Gasteiger partial charge < -0.3 is 20.4 Å². The Morgan fingerprint density at radius 1 is 0.923 bits per heavy atom. The molecular formula is C6H12O6Zn. The Morgan fingerprint density at radius 3 is 1.00 bits per heavy atom. The number of hydrogen-bond acceptors (Lipinski definition) is 4. The number of aliphatic hydroxyl groups is 2. The fourth-order valence-corrected chi connectivity index (χ4v) is 0. The third kappa shape index (κ3) is 18.4. The van der Waals surface area contributed by atoms with Gasteiger partial charge in [0.15, 0.2) is 0 Å². The standard InChI is InChI=1S/2C3H6O3.Zn/c2*1-2(4)3(5)6;/h2*2,4H,1H3,(H,5,6);/t2*2-;/m00./s1. The number of rotatable bonds is 2. The molecule has 2 atom stereocenters. The molecular weight excluding hydrogens is 233 g/mol. The van der Waals surface area contributed by atoms with Crippen molar-refractivity contribution in [3.05, 3.63) is 0 Å². The van der Waals surface area contributed by atoms with Crippen molar-refractivity contribution < 1.29 is 49.5 Å². The van der Waals surface area contributed by atoms with E-state index in [0.717, 1.165) is 0 Å². The molecule has 0 saturated carbocycles. The van der Waals surface area contributed by atoms with Gasteiger partial charge in [0.1, 0.15) is 12.2 Å². The number of carboxylic acid groups (broad SMARTS) is 2. The van der Waals surface area contributed by atoms with E-state index >= 15 is 0 Å². The number of carbonyl (C=O) groups is 2. The molecule has 0 aliphatic rings. The van der Waals surface area contributed by atoms with Crippen LogP contribution in [0.1, 0.15) is 13.8 Å². The van der Waals surface area contributed by atoms with Crippen LogP contribution in [0.15, 0.2) is 0 Å². The van der Waals surface area contributed by atoms with Gasteiger partial charge in [-0.25, -0.2) is 9.59 Å². The fraction of sp³-hybridized carbons (Fsp3) is 0.667. The number of aliphatic hydroxyl groups excluding tert-OH is 2. The van der Waals surface area contributed by atoms with Gasteiger partial charge in [0.25, 0.3) is 0 Å². The van der Waals surface area contributed by atoms with E-state index in [1.807, 2.05) is 0 Å². The summed E-state index contributed by atoms with van der Waals surface area (Å²) >= 11 is 0. The summed E-state index contributed by atoms with van der Waals surface area (Å²) in [6, 6.07) is 0. The van der Waals surface area contributed by atoms with E-state index < -0.39 is 24.1 Å². The molecule has 0 aromatic carbocycles. The van der Waals surface area contributed by atoms with Crippen molar-refractivity contribution in [2.45, 2.75) is 26.1 Å². The van der Waals surface area contributed by atoms with Crippen molar-refractivity contribution >= 4 is 11.9 Å². The summed E-state index contributed by atoms with van der Waals surface area (Å²) in [6.07, 6.45) is -2.46. The molecule has 4 N–H and O–H groups in total. The predicted octanol–water partition coefficient (Wildman–Crippen LogP) is -1.10. The average Bonchev–Trinajstić information content (AvgIpc) is 1.88. The van der Waals surface area contributed by atoms with Crippen LogP contribution in [0.2, 0.25) is 0 Å². The van der Waals surface area contributed by atoms with Crippen molar-refractivity contribution in [1.29, 1.82) is 0 Å². The molecule has 0 heterocycles. The zero-order valence-corrected chi connectivity index (χ0v) is 10.4. The van der Waals surface area contributed by atoms with Crippen molar-refractivity contribution in [3.63, 3.8) is 0 Å². The molecule has 13 heavy (non-hydrogen) atoms. The molecule has 0 aromatic rings. The summed E-state index contributed by atoms with van der Waals surface area (Å²) < 4.78 is 0. The van der Waals surface area contributed by atoms with Gasteiger partial charge >= 0.3 is 11.9 Å². The molecule has 0 aliphatic heterocycles. The summed E-state index contributed by atoms with van der Waals surface area (Å²) in [5, 5.41) is 31.5. The maximum atomic E-state index is 9.45. The smallest absolute Gasteiger partial charge is 0.332 e. The van der Waals surface area contributed by atoms with Crippen LogP contribution in [0.3, 0.4) is 0 Å². The van der Waals surface area contributed by atoms with E-state index in [-0.39, 0.29) is 19.5 Å². The first-order valence-corrected chi connectivity index (χ1v) is 3.10. The summed E-state index contributed by atoms with van der Waals surface area (Å²) in [4.78, 5) is 18.9. The summed E-state index contributed by atoms with van der Waals surface area (Å²) in [7, 11) is 0. The Kier molecular flexibility index (Phi) is 13.5. The van der Waals surface area contributed by atoms with E-state index in [9.17, 15) is 9.59 Å².